The van der Waals surface area contributed by atoms with Crippen molar-refractivity contribution in [2.24, 2.45) is 11.3 Å². The van der Waals surface area contributed by atoms with Gasteiger partial charge < -0.3 is 20.3 Å². The molecule has 5 atom stereocenters. The Labute approximate surface area is 336 Å². The highest BCUT2D eigenvalue weighted by Crippen LogP contribution is 2.49. The van der Waals surface area contributed by atoms with Crippen molar-refractivity contribution >= 4 is 33.8 Å². The summed E-state index contributed by atoms with van der Waals surface area (Å²) < 4.78 is 61.3. The number of halogens is 2. The molecule has 2 aliphatic carbocycles. The smallest absolute Gasteiger partial charge is 0.407 e. The van der Waals surface area contributed by atoms with Crippen molar-refractivity contribution in [1.29, 1.82) is 0 Å². The third-order valence-corrected chi connectivity index (χ3v) is 13.4. The lowest BCUT2D eigenvalue weighted by atomic mass is 9.85. The Morgan fingerprint density at radius 3 is 2.29 bits per heavy atom. The second-order valence-corrected chi connectivity index (χ2v) is 19.0. The number of hydrogen-bond acceptors (Lipinski definition) is 9. The van der Waals surface area contributed by atoms with Gasteiger partial charge in [-0.1, -0.05) is 88.6 Å². The molecule has 1 aromatic heterocycles. The van der Waals surface area contributed by atoms with E-state index in [9.17, 15) is 36.4 Å². The first-order valence-corrected chi connectivity index (χ1v) is 21.6. The molecule has 58 heavy (non-hydrogen) atoms. The topological polar surface area (TPSA) is 182 Å². The van der Waals surface area contributed by atoms with Crippen molar-refractivity contribution in [1.82, 2.24) is 35.2 Å². The third kappa shape index (κ3) is 8.88. The number of nitrogens with one attached hydrogen (secondary N) is 3. The van der Waals surface area contributed by atoms with Crippen molar-refractivity contribution in [3.63, 3.8) is 0 Å². The predicted molar refractivity (Wildman–Crippen MR) is 210 cm³/mol. The number of benzene rings is 2. The number of sulfonamides is 1. The van der Waals surface area contributed by atoms with Crippen molar-refractivity contribution in [2.45, 2.75) is 120 Å². The van der Waals surface area contributed by atoms with Gasteiger partial charge in [-0.2, -0.15) is 15.0 Å². The molecule has 3 heterocycles. The van der Waals surface area contributed by atoms with Crippen molar-refractivity contribution in [2.75, 3.05) is 13.2 Å². The summed E-state index contributed by atoms with van der Waals surface area (Å²) in [5.41, 5.74) is 0.825. The van der Waals surface area contributed by atoms with Gasteiger partial charge in [-0.05, 0) is 55.6 Å². The molecule has 17 heteroatoms. The summed E-state index contributed by atoms with van der Waals surface area (Å²) in [5, 5.41) is 14.3. The molecule has 312 valence electrons. The second-order valence-electron chi connectivity index (χ2n) is 17.1. The lowest BCUT2D eigenvalue weighted by Gasteiger charge is -2.35. The molecule has 3 N–H and O–H groups in total. The number of amides is 4. The Morgan fingerprint density at radius 2 is 1.62 bits per heavy atom. The van der Waals surface area contributed by atoms with Gasteiger partial charge in [0.15, 0.2) is 0 Å². The largest absolute Gasteiger partial charge is 0.450 e. The van der Waals surface area contributed by atoms with Crippen molar-refractivity contribution in [3.05, 3.63) is 60.2 Å². The number of ether oxygens (including phenoxy) is 1. The molecule has 2 saturated carbocycles. The minimum absolute atomic E-state index is 0.0846. The highest BCUT2D eigenvalue weighted by Gasteiger charge is 2.67. The maximum Gasteiger partial charge on any atom is 0.407 e. The van der Waals surface area contributed by atoms with E-state index < -0.39 is 86.9 Å². The summed E-state index contributed by atoms with van der Waals surface area (Å²) in [6.07, 6.45) is 1.51. The average molecular weight is 824 g/mol. The molecule has 6 bridgehead atoms. The van der Waals surface area contributed by atoms with Crippen LogP contribution in [0.1, 0.15) is 90.2 Å². The minimum atomic E-state index is -4.13. The quantitative estimate of drug-likeness (QED) is 0.290. The summed E-state index contributed by atoms with van der Waals surface area (Å²) in [7, 11) is -4.13. The molecule has 0 radical (unpaired) electrons. The number of fused-ring (bicyclic) bond motifs is 8. The van der Waals surface area contributed by atoms with Gasteiger partial charge in [0.05, 0.1) is 23.8 Å². The molecule has 7 rings (SSSR count). The first kappa shape index (κ1) is 41.2. The SMILES string of the molecule is CC(C)(C)[C@@H]1NC(=O)OCCCCCCCc2cccc(c2)-c2nn(nc2-c2ccccc2)C2C[C@@H](C(=O)N[C@@]3(C(=O)NS(=O)(=O)C4CC4)C[C@H]3C(F)F)N(C2)C1=O. The molecule has 0 spiro atoms. The summed E-state index contributed by atoms with van der Waals surface area (Å²) in [6.45, 7) is 5.28. The molecule has 2 aromatic carbocycles. The van der Waals surface area contributed by atoms with E-state index in [0.29, 0.717) is 30.7 Å². The summed E-state index contributed by atoms with van der Waals surface area (Å²) in [5.74, 6) is -4.45. The molecular weight excluding hydrogens is 773 g/mol. The summed E-state index contributed by atoms with van der Waals surface area (Å²) in [6, 6.07) is 14.3. The van der Waals surface area contributed by atoms with E-state index in [4.69, 9.17) is 14.9 Å². The fourth-order valence-electron chi connectivity index (χ4n) is 7.96. The third-order valence-electron chi connectivity index (χ3n) is 11.6. The van der Waals surface area contributed by atoms with E-state index in [2.05, 4.69) is 22.8 Å². The van der Waals surface area contributed by atoms with Gasteiger partial charge in [-0.3, -0.25) is 19.1 Å². The van der Waals surface area contributed by atoms with Crippen LogP contribution in [-0.4, -0.2) is 94.6 Å². The summed E-state index contributed by atoms with van der Waals surface area (Å²) in [4.78, 5) is 58.5. The molecular formula is C41H51F2N7O7S. The number of rotatable bonds is 7. The lowest BCUT2D eigenvalue weighted by molar-refractivity contribution is -0.143. The van der Waals surface area contributed by atoms with E-state index in [-0.39, 0.29) is 19.6 Å². The zero-order valence-electron chi connectivity index (χ0n) is 33.0. The maximum absolute atomic E-state index is 14.7. The molecule has 4 amide bonds. The molecule has 3 fully saturated rings. The maximum atomic E-state index is 14.7. The number of alkyl carbamates (subject to hydrolysis) is 1. The Morgan fingerprint density at radius 1 is 0.948 bits per heavy atom. The number of cyclic esters (lactones) is 1. The number of aryl methyl sites for hydroxylation is 1. The van der Waals surface area contributed by atoms with Gasteiger partial charge in [0.2, 0.25) is 28.3 Å². The number of nitrogens with zero attached hydrogens (tertiary/aromatic N) is 4. The van der Waals surface area contributed by atoms with Gasteiger partial charge in [-0.25, -0.2) is 22.0 Å². The van der Waals surface area contributed by atoms with Gasteiger partial charge >= 0.3 is 6.09 Å². The highest BCUT2D eigenvalue weighted by atomic mass is 32.2. The molecule has 3 aromatic rings. The van der Waals surface area contributed by atoms with E-state index in [1.165, 1.54) is 9.70 Å². The molecule has 4 aliphatic rings. The fourth-order valence-corrected chi connectivity index (χ4v) is 9.32. The van der Waals surface area contributed by atoms with Crippen LogP contribution in [0.2, 0.25) is 0 Å². The van der Waals surface area contributed by atoms with Crippen LogP contribution in [0.15, 0.2) is 54.6 Å². The minimum Gasteiger partial charge on any atom is -0.450 e. The molecule has 2 aliphatic heterocycles. The van der Waals surface area contributed by atoms with Crippen molar-refractivity contribution in [3.8, 4) is 22.5 Å². The molecule has 1 unspecified atom stereocenters. The van der Waals surface area contributed by atoms with Crippen LogP contribution in [0.5, 0.6) is 0 Å². The normalized spacial score (nSPS) is 25.9. The van der Waals surface area contributed by atoms with Gasteiger partial charge in [0.25, 0.3) is 5.91 Å². The van der Waals surface area contributed by atoms with Gasteiger partial charge in [-0.15, -0.1) is 0 Å². The van der Waals surface area contributed by atoms with Crippen molar-refractivity contribution < 1.29 is 41.1 Å². The van der Waals surface area contributed by atoms with E-state index in [1.54, 1.807) is 20.8 Å². The van der Waals surface area contributed by atoms with Crippen LogP contribution in [0.3, 0.4) is 0 Å². The Bertz CT molecular complexity index is 2140. The van der Waals surface area contributed by atoms with Crippen LogP contribution in [0, 0.1) is 11.3 Å². The highest BCUT2D eigenvalue weighted by molar-refractivity contribution is 7.91. The van der Waals surface area contributed by atoms with Crippen LogP contribution in [-0.2, 0) is 35.6 Å². The Balaban J connectivity index is 1.27. The Hall–Kier alpha value is -4.93. The number of hydrogen-bond donors (Lipinski definition) is 3. The molecule has 14 nitrogen and oxygen atoms in total. The molecule has 1 saturated heterocycles. The monoisotopic (exact) mass is 823 g/mol. The lowest BCUT2D eigenvalue weighted by Crippen LogP contribution is -2.60. The number of carbonyl (C=O) groups excluding carboxylic acids is 4. The van der Waals surface area contributed by atoms with E-state index in [0.717, 1.165) is 48.8 Å². The second kappa shape index (κ2) is 16.4. The first-order valence-electron chi connectivity index (χ1n) is 20.1. The standard InChI is InChI=1S/C41H51F2N7O7S/c1-40(2,3)34-37(52)49-24-28(22-31(49)36(51)45-41(23-30(41)35(42)43)38(53)48-58(55,56)29-18-19-29)50-46-32(26-15-9-7-10-16-26)33(47-50)27-17-12-14-25(21-27)13-8-5-4-6-11-20-57-39(54)44-34/h7,9-10,12,14-17,21,28-31,34-35H,4-6,8,11,13,18-20,22-24H2,1-3H3,(H,44,54)(H,45,51)(H,48,53)/t28?,30-,31-,34+,41-/m0/s1. The Kier molecular flexibility index (Phi) is 11.6. The van der Waals surface area contributed by atoms with Crippen LogP contribution in [0.25, 0.3) is 22.5 Å². The first-order chi connectivity index (χ1) is 27.6. The number of alkyl halides is 2. The van der Waals surface area contributed by atoms with Crippen LogP contribution < -0.4 is 15.4 Å². The van der Waals surface area contributed by atoms with E-state index in [1.807, 2.05) is 47.2 Å². The zero-order chi connectivity index (χ0) is 41.4. The average Bonchev–Trinajstić information content (AvgIpc) is 4.08. The fraction of sp³-hybridized carbons (Fsp3) is 0.561. The van der Waals surface area contributed by atoms with Crippen LogP contribution >= 0.6 is 0 Å². The van der Waals surface area contributed by atoms with Crippen LogP contribution in [0.4, 0.5) is 13.6 Å². The zero-order valence-corrected chi connectivity index (χ0v) is 33.8. The predicted octanol–water partition coefficient (Wildman–Crippen LogP) is 5.15. The number of carbonyl (C=O) groups is 4. The van der Waals surface area contributed by atoms with E-state index >= 15 is 0 Å². The summed E-state index contributed by atoms with van der Waals surface area (Å²) >= 11 is 0. The number of aromatic nitrogens is 3. The van der Waals surface area contributed by atoms with Gasteiger partial charge in [0.1, 0.15) is 29.0 Å². The van der Waals surface area contributed by atoms with Gasteiger partial charge in [0, 0.05) is 24.1 Å².